The van der Waals surface area contributed by atoms with E-state index in [2.05, 4.69) is 26.1 Å². The number of aromatic nitrogens is 2. The second kappa shape index (κ2) is 4.02. The van der Waals surface area contributed by atoms with Gasteiger partial charge in [0, 0.05) is 10.5 Å². The molecule has 3 N–H and O–H groups in total. The molecule has 0 radical (unpaired) electrons. The van der Waals surface area contributed by atoms with Crippen LogP contribution >= 0.6 is 15.9 Å². The molecule has 7 heteroatoms. The van der Waals surface area contributed by atoms with Crippen molar-refractivity contribution in [2.75, 3.05) is 12.5 Å². The quantitative estimate of drug-likeness (QED) is 0.828. The van der Waals surface area contributed by atoms with Crippen molar-refractivity contribution in [3.63, 3.8) is 0 Å². The number of carbonyl (C=O) groups is 1. The number of nitrogens with zero attached hydrogens (tertiary/aromatic N) is 1. The van der Waals surface area contributed by atoms with Crippen molar-refractivity contribution >= 4 is 28.0 Å². The largest absolute Gasteiger partial charge is 0.453 e. The molecular weight excluding hydrogens is 302 g/mol. The summed E-state index contributed by atoms with van der Waals surface area (Å²) in [6.07, 6.45) is 0.726. The van der Waals surface area contributed by atoms with Crippen LogP contribution in [0.5, 0.6) is 11.5 Å². The van der Waals surface area contributed by atoms with E-state index in [1.165, 1.54) is 0 Å². The van der Waals surface area contributed by atoms with Gasteiger partial charge in [0.15, 0.2) is 17.8 Å². The number of benzene rings is 1. The van der Waals surface area contributed by atoms with Crippen molar-refractivity contribution in [3.05, 3.63) is 22.2 Å². The van der Waals surface area contributed by atoms with Gasteiger partial charge in [0.05, 0.1) is 16.8 Å². The van der Waals surface area contributed by atoms with Gasteiger partial charge in [0.2, 0.25) is 6.79 Å². The summed E-state index contributed by atoms with van der Waals surface area (Å²) < 4.78 is 11.4. The first kappa shape index (κ1) is 11.1. The van der Waals surface area contributed by atoms with Gasteiger partial charge in [0.1, 0.15) is 5.82 Å². The maximum absolute atomic E-state index is 11.0. The number of nitrogens with two attached hydrogens (primary N) is 1. The van der Waals surface area contributed by atoms with Gasteiger partial charge in [-0.15, -0.1) is 0 Å². The highest BCUT2D eigenvalue weighted by Gasteiger charge is 2.26. The Morgan fingerprint density at radius 3 is 2.83 bits per heavy atom. The zero-order chi connectivity index (χ0) is 12.7. The number of fused-ring (bicyclic) bond motifs is 1. The first-order valence-corrected chi connectivity index (χ1v) is 5.88. The molecule has 1 aromatic heterocycles. The van der Waals surface area contributed by atoms with Crippen molar-refractivity contribution in [1.29, 1.82) is 0 Å². The number of aromatic amines is 1. The lowest BCUT2D eigenvalue weighted by molar-refractivity contribution is 0.111. The van der Waals surface area contributed by atoms with Gasteiger partial charge >= 0.3 is 0 Å². The number of anilines is 1. The molecule has 2 aromatic rings. The van der Waals surface area contributed by atoms with Crippen LogP contribution in [0.3, 0.4) is 0 Å². The summed E-state index contributed by atoms with van der Waals surface area (Å²) in [6.45, 7) is 0.0866. The van der Waals surface area contributed by atoms with E-state index in [9.17, 15) is 4.79 Å². The average molecular weight is 310 g/mol. The van der Waals surface area contributed by atoms with Crippen LogP contribution < -0.4 is 15.2 Å². The van der Waals surface area contributed by atoms with E-state index in [-0.39, 0.29) is 6.79 Å². The third kappa shape index (κ3) is 1.55. The monoisotopic (exact) mass is 309 g/mol. The molecule has 0 unspecified atom stereocenters. The molecule has 1 aromatic carbocycles. The number of rotatable bonds is 2. The van der Waals surface area contributed by atoms with Crippen LogP contribution in [0.4, 0.5) is 5.82 Å². The molecule has 0 fully saturated rings. The summed E-state index contributed by atoms with van der Waals surface area (Å²) in [5.74, 6) is 1.33. The Labute approximate surface area is 110 Å². The summed E-state index contributed by atoms with van der Waals surface area (Å²) >= 11 is 3.40. The van der Waals surface area contributed by atoms with Gasteiger partial charge < -0.3 is 15.2 Å². The van der Waals surface area contributed by atoms with E-state index in [0.29, 0.717) is 33.0 Å². The zero-order valence-corrected chi connectivity index (χ0v) is 10.7. The molecule has 0 saturated carbocycles. The van der Waals surface area contributed by atoms with E-state index < -0.39 is 0 Å². The number of nitrogens with one attached hydrogen (secondary N) is 1. The normalized spacial score (nSPS) is 12.7. The molecule has 18 heavy (non-hydrogen) atoms. The Morgan fingerprint density at radius 2 is 2.17 bits per heavy atom. The number of nitrogen functional groups attached to an aromatic ring is 1. The van der Waals surface area contributed by atoms with Gasteiger partial charge in [-0.25, -0.2) is 0 Å². The molecular formula is C11H8BrN3O3. The number of H-pyrrole nitrogens is 1. The standard InChI is InChI=1S/C11H8BrN3O3/c12-6-1-5(3-16)10-11(18-4-17-10)9(6)7-2-8(13)15-14-7/h1-3H,4H2,(H3,13,14,15). The molecule has 3 rings (SSSR count). The topological polar surface area (TPSA) is 90.2 Å². The number of ether oxygens (including phenoxy) is 2. The Hall–Kier alpha value is -2.02. The third-order valence-corrected chi connectivity index (χ3v) is 3.24. The summed E-state index contributed by atoms with van der Waals surface area (Å²) in [6, 6.07) is 3.36. The Morgan fingerprint density at radius 1 is 1.39 bits per heavy atom. The maximum Gasteiger partial charge on any atom is 0.231 e. The highest BCUT2D eigenvalue weighted by molar-refractivity contribution is 9.10. The zero-order valence-electron chi connectivity index (χ0n) is 9.07. The second-order valence-electron chi connectivity index (χ2n) is 3.71. The maximum atomic E-state index is 11.0. The van der Waals surface area contributed by atoms with Gasteiger partial charge in [-0.2, -0.15) is 5.10 Å². The minimum absolute atomic E-state index is 0.0866. The first-order valence-electron chi connectivity index (χ1n) is 5.09. The molecule has 0 aliphatic carbocycles. The van der Waals surface area contributed by atoms with Gasteiger partial charge in [-0.3, -0.25) is 9.89 Å². The van der Waals surface area contributed by atoms with Crippen molar-refractivity contribution < 1.29 is 14.3 Å². The fourth-order valence-corrected chi connectivity index (χ4v) is 2.51. The van der Waals surface area contributed by atoms with Crippen molar-refractivity contribution in [1.82, 2.24) is 10.2 Å². The summed E-state index contributed by atoms with van der Waals surface area (Å²) in [5.41, 5.74) is 7.44. The van der Waals surface area contributed by atoms with Crippen LogP contribution in [0.15, 0.2) is 16.6 Å². The molecule has 0 spiro atoms. The van der Waals surface area contributed by atoms with Gasteiger partial charge in [-0.05, 0) is 22.0 Å². The van der Waals surface area contributed by atoms with Crippen LogP contribution in [0.25, 0.3) is 11.3 Å². The van der Waals surface area contributed by atoms with Gasteiger partial charge in [-0.1, -0.05) is 0 Å². The average Bonchev–Trinajstić information content (AvgIpc) is 2.97. The van der Waals surface area contributed by atoms with Crippen LogP contribution in [-0.4, -0.2) is 23.3 Å². The van der Waals surface area contributed by atoms with Crippen molar-refractivity contribution in [2.24, 2.45) is 0 Å². The summed E-state index contributed by atoms with van der Waals surface area (Å²) in [5, 5.41) is 6.67. The SMILES string of the molecule is Nc1cc(-c2c(Br)cc(C=O)c3c2OCO3)[nH]n1. The predicted molar refractivity (Wildman–Crippen MR) is 67.6 cm³/mol. The predicted octanol–water partition coefficient (Wildman–Crippen LogP) is 1.96. The van der Waals surface area contributed by atoms with Crippen molar-refractivity contribution in [3.8, 4) is 22.8 Å². The minimum atomic E-state index is 0.0866. The van der Waals surface area contributed by atoms with E-state index in [0.717, 1.165) is 11.8 Å². The highest BCUT2D eigenvalue weighted by Crippen LogP contribution is 2.47. The summed E-state index contributed by atoms with van der Waals surface area (Å²) in [4.78, 5) is 11.0. The number of halogens is 1. The fourth-order valence-electron chi connectivity index (χ4n) is 1.87. The molecule has 0 atom stereocenters. The molecule has 1 aliphatic rings. The lowest BCUT2D eigenvalue weighted by Crippen LogP contribution is -1.94. The number of carbonyl (C=O) groups excluding carboxylic acids is 1. The fraction of sp³-hybridized carbons (Fsp3) is 0.0909. The molecule has 6 nitrogen and oxygen atoms in total. The van der Waals surface area contributed by atoms with E-state index in [1.807, 2.05) is 0 Å². The van der Waals surface area contributed by atoms with E-state index >= 15 is 0 Å². The molecule has 1 aliphatic heterocycles. The smallest absolute Gasteiger partial charge is 0.231 e. The Balaban J connectivity index is 2.27. The van der Waals surface area contributed by atoms with E-state index in [1.54, 1.807) is 12.1 Å². The molecule has 92 valence electrons. The minimum Gasteiger partial charge on any atom is -0.453 e. The van der Waals surface area contributed by atoms with Crippen LogP contribution in [0, 0.1) is 0 Å². The lowest BCUT2D eigenvalue weighted by atomic mass is 10.1. The highest BCUT2D eigenvalue weighted by atomic mass is 79.9. The van der Waals surface area contributed by atoms with Crippen LogP contribution in [0.1, 0.15) is 10.4 Å². The van der Waals surface area contributed by atoms with Crippen LogP contribution in [-0.2, 0) is 0 Å². The first-order chi connectivity index (χ1) is 8.70. The molecule has 0 saturated heterocycles. The van der Waals surface area contributed by atoms with Gasteiger partial charge in [0.25, 0.3) is 0 Å². The second-order valence-corrected chi connectivity index (χ2v) is 4.57. The molecule has 2 heterocycles. The third-order valence-electron chi connectivity index (χ3n) is 2.62. The number of hydrogen-bond acceptors (Lipinski definition) is 5. The number of hydrogen-bond donors (Lipinski definition) is 2. The Kier molecular flexibility index (Phi) is 2.48. The lowest BCUT2D eigenvalue weighted by Gasteiger charge is -2.08. The van der Waals surface area contributed by atoms with E-state index in [4.69, 9.17) is 15.2 Å². The summed E-state index contributed by atoms with van der Waals surface area (Å²) in [7, 11) is 0. The number of aldehydes is 1. The molecule has 0 bridgehead atoms. The van der Waals surface area contributed by atoms with Crippen LogP contribution in [0.2, 0.25) is 0 Å². The van der Waals surface area contributed by atoms with Crippen molar-refractivity contribution in [2.45, 2.75) is 0 Å². The molecule has 0 amide bonds. The Bertz CT molecular complexity index is 639.